The van der Waals surface area contributed by atoms with Crippen LogP contribution in [0.25, 0.3) is 0 Å². The molecule has 1 aromatic rings. The summed E-state index contributed by atoms with van der Waals surface area (Å²) in [5.74, 6) is 6.15. The Bertz CT molecular complexity index is 521. The number of hydrogen-bond acceptors (Lipinski definition) is 2. The van der Waals surface area contributed by atoms with Gasteiger partial charge in [0.2, 0.25) is 5.91 Å². The van der Waals surface area contributed by atoms with E-state index in [9.17, 15) is 4.79 Å². The third-order valence-electron chi connectivity index (χ3n) is 3.37. The molecule has 0 radical (unpaired) electrons. The molecule has 1 aromatic carbocycles. The molecule has 19 heavy (non-hydrogen) atoms. The van der Waals surface area contributed by atoms with Crippen LogP contribution in [0.3, 0.4) is 0 Å². The van der Waals surface area contributed by atoms with Gasteiger partial charge in [-0.2, -0.15) is 0 Å². The monoisotopic (exact) mass is 257 g/mol. The molecule has 1 aliphatic rings. The van der Waals surface area contributed by atoms with Crippen molar-refractivity contribution >= 4 is 11.6 Å². The number of anilines is 1. The van der Waals surface area contributed by atoms with Gasteiger partial charge in [-0.05, 0) is 37.5 Å². The van der Waals surface area contributed by atoms with Gasteiger partial charge in [0.1, 0.15) is 0 Å². The first-order valence-corrected chi connectivity index (χ1v) is 6.72. The van der Waals surface area contributed by atoms with E-state index in [1.54, 1.807) is 0 Å². The molecule has 0 atom stereocenters. The minimum absolute atomic E-state index is 0.0582. The predicted molar refractivity (Wildman–Crippen MR) is 75.7 cm³/mol. The van der Waals surface area contributed by atoms with Gasteiger partial charge in [-0.3, -0.25) is 4.79 Å². The number of aliphatic hydroxyl groups excluding tert-OH is 1. The van der Waals surface area contributed by atoms with Crippen molar-refractivity contribution in [2.75, 3.05) is 11.9 Å². The molecule has 1 saturated carbocycles. The first-order chi connectivity index (χ1) is 9.20. The molecule has 1 aliphatic carbocycles. The second-order valence-electron chi connectivity index (χ2n) is 4.94. The van der Waals surface area contributed by atoms with E-state index in [0.717, 1.165) is 36.1 Å². The number of rotatable bonds is 3. The van der Waals surface area contributed by atoms with Gasteiger partial charge < -0.3 is 10.4 Å². The van der Waals surface area contributed by atoms with Gasteiger partial charge in [0, 0.05) is 17.9 Å². The van der Waals surface area contributed by atoms with Gasteiger partial charge in [0.15, 0.2) is 0 Å². The lowest BCUT2D eigenvalue weighted by atomic mass is 9.84. The highest BCUT2D eigenvalue weighted by molar-refractivity contribution is 5.94. The summed E-state index contributed by atoms with van der Waals surface area (Å²) < 4.78 is 0. The summed E-state index contributed by atoms with van der Waals surface area (Å²) in [7, 11) is 0. The van der Waals surface area contributed by atoms with Crippen molar-refractivity contribution in [2.24, 2.45) is 5.92 Å². The number of aryl methyl sites for hydroxylation is 1. The van der Waals surface area contributed by atoms with Crippen LogP contribution < -0.4 is 5.32 Å². The number of aliphatic hydroxyl groups is 1. The van der Waals surface area contributed by atoms with Crippen molar-refractivity contribution < 1.29 is 9.90 Å². The molecule has 0 spiro atoms. The number of nitrogens with one attached hydrogen (secondary N) is 1. The molecule has 0 aliphatic heterocycles. The quantitative estimate of drug-likeness (QED) is 0.817. The number of carbonyl (C=O) groups excluding carboxylic acids is 1. The smallest absolute Gasteiger partial charge is 0.227 e. The molecule has 0 heterocycles. The number of amides is 1. The van der Waals surface area contributed by atoms with Gasteiger partial charge in [-0.15, -0.1) is 0 Å². The van der Waals surface area contributed by atoms with Crippen LogP contribution in [0.4, 0.5) is 5.69 Å². The zero-order chi connectivity index (χ0) is 13.7. The molecule has 2 rings (SSSR count). The van der Waals surface area contributed by atoms with E-state index in [4.69, 9.17) is 5.11 Å². The molecule has 0 bridgehead atoms. The van der Waals surface area contributed by atoms with Crippen LogP contribution in [0.5, 0.6) is 0 Å². The molecule has 1 amide bonds. The third-order valence-corrected chi connectivity index (χ3v) is 3.37. The van der Waals surface area contributed by atoms with Crippen LogP contribution in [-0.2, 0) is 4.79 Å². The van der Waals surface area contributed by atoms with E-state index < -0.39 is 0 Å². The van der Waals surface area contributed by atoms with Crippen molar-refractivity contribution in [2.45, 2.75) is 32.6 Å². The highest BCUT2D eigenvalue weighted by atomic mass is 16.2. The standard InChI is InChI=1S/C16H19NO2/c1-12-8-9-13(5-2-3-10-18)15(11-12)17-16(19)14-6-4-7-14/h8-9,11,14,18H,3-4,6-7,10H2,1H3,(H,17,19). The van der Waals surface area contributed by atoms with Gasteiger partial charge in [-0.1, -0.05) is 24.3 Å². The highest BCUT2D eigenvalue weighted by Gasteiger charge is 2.25. The maximum Gasteiger partial charge on any atom is 0.227 e. The lowest BCUT2D eigenvalue weighted by Crippen LogP contribution is -2.28. The fraction of sp³-hybridized carbons (Fsp3) is 0.438. The van der Waals surface area contributed by atoms with Gasteiger partial charge in [-0.25, -0.2) is 0 Å². The lowest BCUT2D eigenvalue weighted by molar-refractivity contribution is -0.122. The largest absolute Gasteiger partial charge is 0.395 e. The zero-order valence-corrected chi connectivity index (χ0v) is 11.2. The molecule has 0 unspecified atom stereocenters. The average molecular weight is 257 g/mol. The summed E-state index contributed by atoms with van der Waals surface area (Å²) in [4.78, 5) is 12.0. The van der Waals surface area contributed by atoms with Crippen molar-refractivity contribution in [3.8, 4) is 11.8 Å². The van der Waals surface area contributed by atoms with Crippen LogP contribution in [0.1, 0.15) is 36.8 Å². The Hall–Kier alpha value is -1.79. The maximum absolute atomic E-state index is 12.0. The van der Waals surface area contributed by atoms with Gasteiger partial charge in [0.25, 0.3) is 0 Å². The molecule has 3 heteroatoms. The summed E-state index contributed by atoms with van der Waals surface area (Å²) in [5.41, 5.74) is 2.69. The predicted octanol–water partition coefficient (Wildman–Crippen LogP) is 2.47. The molecule has 0 saturated heterocycles. The van der Waals surface area contributed by atoms with E-state index in [-0.39, 0.29) is 18.4 Å². The Morgan fingerprint density at radius 2 is 2.26 bits per heavy atom. The number of carbonyl (C=O) groups is 1. The first-order valence-electron chi connectivity index (χ1n) is 6.72. The molecule has 2 N–H and O–H groups in total. The normalized spacial score (nSPS) is 14.2. The SMILES string of the molecule is Cc1ccc(C#CCCO)c(NC(=O)C2CCC2)c1. The Balaban J connectivity index is 2.15. The van der Waals surface area contributed by atoms with Crippen molar-refractivity contribution in [1.82, 2.24) is 0 Å². The van der Waals surface area contributed by atoms with Crippen molar-refractivity contribution in [1.29, 1.82) is 0 Å². The fourth-order valence-corrected chi connectivity index (χ4v) is 1.99. The van der Waals surface area contributed by atoms with E-state index in [1.165, 1.54) is 0 Å². The Morgan fingerprint density at radius 1 is 1.47 bits per heavy atom. The van der Waals surface area contributed by atoms with Gasteiger partial charge >= 0.3 is 0 Å². The Morgan fingerprint density at radius 3 is 2.89 bits per heavy atom. The van der Waals surface area contributed by atoms with Crippen LogP contribution in [0, 0.1) is 24.7 Å². The van der Waals surface area contributed by atoms with Gasteiger partial charge in [0.05, 0.1) is 12.3 Å². The molecule has 0 aromatic heterocycles. The second kappa shape index (κ2) is 6.40. The van der Waals surface area contributed by atoms with Crippen molar-refractivity contribution in [3.05, 3.63) is 29.3 Å². The van der Waals surface area contributed by atoms with Crippen LogP contribution >= 0.6 is 0 Å². The summed E-state index contributed by atoms with van der Waals surface area (Å²) in [6, 6.07) is 5.83. The molecular weight excluding hydrogens is 238 g/mol. The van der Waals surface area contributed by atoms with Crippen LogP contribution in [-0.4, -0.2) is 17.6 Å². The summed E-state index contributed by atoms with van der Waals surface area (Å²) in [5, 5.41) is 11.7. The lowest BCUT2D eigenvalue weighted by Gasteiger charge is -2.24. The van der Waals surface area contributed by atoms with Crippen molar-refractivity contribution in [3.63, 3.8) is 0 Å². The molecule has 3 nitrogen and oxygen atoms in total. The molecular formula is C16H19NO2. The summed E-state index contributed by atoms with van der Waals surface area (Å²) >= 11 is 0. The Labute approximate surface area is 114 Å². The summed E-state index contributed by atoms with van der Waals surface area (Å²) in [6.45, 7) is 2.05. The second-order valence-corrected chi connectivity index (χ2v) is 4.94. The third kappa shape index (κ3) is 3.59. The first kappa shape index (κ1) is 13.6. The number of hydrogen-bond donors (Lipinski definition) is 2. The molecule has 100 valence electrons. The number of benzene rings is 1. The summed E-state index contributed by atoms with van der Waals surface area (Å²) in [6.07, 6.45) is 3.57. The fourth-order valence-electron chi connectivity index (χ4n) is 1.99. The van der Waals surface area contributed by atoms with E-state index in [2.05, 4.69) is 17.2 Å². The minimum atomic E-state index is 0.0582. The highest BCUT2D eigenvalue weighted by Crippen LogP contribution is 2.28. The Kier molecular flexibility index (Phi) is 4.59. The van der Waals surface area contributed by atoms with Crippen LogP contribution in [0.2, 0.25) is 0 Å². The van der Waals surface area contributed by atoms with E-state index in [0.29, 0.717) is 6.42 Å². The zero-order valence-electron chi connectivity index (χ0n) is 11.2. The minimum Gasteiger partial charge on any atom is -0.395 e. The van der Waals surface area contributed by atoms with Crippen LogP contribution in [0.15, 0.2) is 18.2 Å². The van der Waals surface area contributed by atoms with E-state index >= 15 is 0 Å². The topological polar surface area (TPSA) is 49.3 Å². The van der Waals surface area contributed by atoms with E-state index in [1.807, 2.05) is 25.1 Å². The molecule has 1 fully saturated rings. The average Bonchev–Trinajstić information content (AvgIpc) is 2.30. The maximum atomic E-state index is 12.0.